The van der Waals surface area contributed by atoms with Crippen molar-refractivity contribution in [2.24, 2.45) is 0 Å². The fourth-order valence-electron chi connectivity index (χ4n) is 3.35. The molecular formula is C21H17F3N4O3. The van der Waals surface area contributed by atoms with Crippen LogP contribution >= 0.6 is 0 Å². The third-order valence-corrected chi connectivity index (χ3v) is 4.89. The summed E-state index contributed by atoms with van der Waals surface area (Å²) in [5.41, 5.74) is 0.456. The van der Waals surface area contributed by atoms with Crippen LogP contribution in [0.4, 0.5) is 24.7 Å². The number of rotatable bonds is 4. The summed E-state index contributed by atoms with van der Waals surface area (Å²) in [6.07, 6.45) is -3.21. The van der Waals surface area contributed by atoms with E-state index in [0.29, 0.717) is 17.1 Å². The van der Waals surface area contributed by atoms with E-state index in [9.17, 15) is 22.8 Å². The average molecular weight is 430 g/mol. The van der Waals surface area contributed by atoms with Gasteiger partial charge in [-0.1, -0.05) is 18.2 Å². The van der Waals surface area contributed by atoms with Gasteiger partial charge in [-0.2, -0.15) is 18.3 Å². The smallest absolute Gasteiger partial charge is 0.416 e. The van der Waals surface area contributed by atoms with E-state index in [4.69, 9.17) is 4.74 Å². The molecule has 160 valence electrons. The number of benzene rings is 2. The van der Waals surface area contributed by atoms with E-state index in [1.807, 2.05) is 0 Å². The first-order valence-electron chi connectivity index (χ1n) is 9.26. The number of hydrogen-bond acceptors (Lipinski definition) is 4. The van der Waals surface area contributed by atoms with Crippen LogP contribution in [-0.4, -0.2) is 28.7 Å². The molecule has 1 aliphatic heterocycles. The first-order valence-corrected chi connectivity index (χ1v) is 9.26. The number of hydrogen-bond donors (Lipinski definition) is 2. The topological polar surface area (TPSA) is 85.2 Å². The first kappa shape index (κ1) is 20.5. The van der Waals surface area contributed by atoms with Gasteiger partial charge >= 0.3 is 6.18 Å². The number of ether oxygens (including phenoxy) is 1. The van der Waals surface area contributed by atoms with Crippen molar-refractivity contribution < 1.29 is 27.5 Å². The number of aromatic nitrogens is 2. The molecule has 2 amide bonds. The Morgan fingerprint density at radius 2 is 1.97 bits per heavy atom. The van der Waals surface area contributed by atoms with E-state index in [-0.39, 0.29) is 12.1 Å². The molecule has 0 radical (unpaired) electrons. The Hall–Kier alpha value is -3.82. The predicted molar refractivity (Wildman–Crippen MR) is 107 cm³/mol. The molecule has 0 fully saturated rings. The molecule has 0 saturated carbocycles. The lowest BCUT2D eigenvalue weighted by molar-refractivity contribution is -0.137. The molecule has 3 aromatic rings. The van der Waals surface area contributed by atoms with Gasteiger partial charge in [0.2, 0.25) is 11.8 Å². The van der Waals surface area contributed by atoms with Crippen LogP contribution in [0.15, 0.2) is 54.7 Å². The van der Waals surface area contributed by atoms with Crippen molar-refractivity contribution in [1.29, 1.82) is 0 Å². The molecule has 10 heteroatoms. The lowest BCUT2D eigenvalue weighted by Gasteiger charge is -2.24. The number of fused-ring (bicyclic) bond motifs is 1. The number of nitrogens with one attached hydrogen (secondary N) is 2. The molecule has 0 bridgehead atoms. The van der Waals surface area contributed by atoms with Gasteiger partial charge in [0, 0.05) is 11.3 Å². The van der Waals surface area contributed by atoms with Gasteiger partial charge in [0.1, 0.15) is 17.6 Å². The maximum atomic E-state index is 12.9. The maximum absolute atomic E-state index is 12.9. The van der Waals surface area contributed by atoms with Gasteiger partial charge in [-0.25, -0.2) is 4.68 Å². The number of halogens is 3. The Bertz CT molecular complexity index is 1140. The second-order valence-corrected chi connectivity index (χ2v) is 6.92. The Morgan fingerprint density at radius 3 is 2.65 bits per heavy atom. The normalized spacial score (nSPS) is 15.7. The zero-order valence-electron chi connectivity index (χ0n) is 16.2. The second-order valence-electron chi connectivity index (χ2n) is 6.92. The van der Waals surface area contributed by atoms with Gasteiger partial charge < -0.3 is 15.4 Å². The van der Waals surface area contributed by atoms with Crippen molar-refractivity contribution in [2.75, 3.05) is 17.7 Å². The molecule has 2 N–H and O–H groups in total. The number of nitrogens with zero attached hydrogens (tertiary/aromatic N) is 2. The number of carbonyl (C=O) groups excluding carboxylic acids is 2. The summed E-state index contributed by atoms with van der Waals surface area (Å²) >= 11 is 0. The number of methoxy groups -OCH3 is 1. The standard InChI is InChI=1S/C21H17F3N4O3/c1-31-15-7-5-12(6-8-15)16-11-25-28-17(10-18(29)27-19(16)28)20(30)26-14-4-2-3-13(9-14)21(22,23)24/h2-9,11,17H,10H2,1H3,(H,26,30)(H,27,29)/t17-/m0/s1. The van der Waals surface area contributed by atoms with Gasteiger partial charge in [-0.05, 0) is 35.9 Å². The molecule has 31 heavy (non-hydrogen) atoms. The lowest BCUT2D eigenvalue weighted by atomic mass is 10.1. The minimum absolute atomic E-state index is 0.0186. The van der Waals surface area contributed by atoms with Crippen molar-refractivity contribution in [3.63, 3.8) is 0 Å². The molecule has 0 saturated heterocycles. The largest absolute Gasteiger partial charge is 0.497 e. The summed E-state index contributed by atoms with van der Waals surface area (Å²) in [7, 11) is 1.55. The Morgan fingerprint density at radius 1 is 1.23 bits per heavy atom. The molecule has 0 aliphatic carbocycles. The van der Waals surface area contributed by atoms with E-state index in [1.165, 1.54) is 23.0 Å². The van der Waals surface area contributed by atoms with Crippen LogP contribution in [-0.2, 0) is 15.8 Å². The van der Waals surface area contributed by atoms with Gasteiger partial charge in [-0.15, -0.1) is 0 Å². The SMILES string of the molecule is COc1ccc(-c2cnn3c2NC(=O)C[C@H]3C(=O)Nc2cccc(C(F)(F)F)c2)cc1. The summed E-state index contributed by atoms with van der Waals surface area (Å²) in [4.78, 5) is 25.1. The van der Waals surface area contributed by atoms with E-state index >= 15 is 0 Å². The van der Waals surface area contributed by atoms with Gasteiger partial charge in [0.05, 0.1) is 25.3 Å². The van der Waals surface area contributed by atoms with Crippen LogP contribution in [0.1, 0.15) is 18.0 Å². The molecular weight excluding hydrogens is 413 g/mol. The number of carbonyl (C=O) groups is 2. The maximum Gasteiger partial charge on any atom is 0.416 e. The zero-order valence-corrected chi connectivity index (χ0v) is 16.2. The summed E-state index contributed by atoms with van der Waals surface area (Å²) in [6.45, 7) is 0. The van der Waals surface area contributed by atoms with E-state index < -0.39 is 29.6 Å². The average Bonchev–Trinajstić information content (AvgIpc) is 3.16. The molecule has 1 aliphatic rings. The predicted octanol–water partition coefficient (Wildman–Crippen LogP) is 4.10. The van der Waals surface area contributed by atoms with Crippen molar-refractivity contribution in [2.45, 2.75) is 18.6 Å². The summed E-state index contributed by atoms with van der Waals surface area (Å²) in [5.74, 6) is -0.0375. The van der Waals surface area contributed by atoms with Gasteiger partial charge in [0.25, 0.3) is 0 Å². The molecule has 0 spiro atoms. The van der Waals surface area contributed by atoms with Gasteiger partial charge in [-0.3, -0.25) is 9.59 Å². The van der Waals surface area contributed by atoms with E-state index in [0.717, 1.165) is 17.7 Å². The monoisotopic (exact) mass is 430 g/mol. The van der Waals surface area contributed by atoms with Crippen molar-refractivity contribution in [1.82, 2.24) is 9.78 Å². The highest BCUT2D eigenvalue weighted by Crippen LogP contribution is 2.35. The van der Waals surface area contributed by atoms with Crippen LogP contribution in [0, 0.1) is 0 Å². The van der Waals surface area contributed by atoms with Crippen LogP contribution in [0.2, 0.25) is 0 Å². The Labute approximate surface area is 174 Å². The zero-order chi connectivity index (χ0) is 22.2. The quantitative estimate of drug-likeness (QED) is 0.653. The summed E-state index contributed by atoms with van der Waals surface area (Å²) in [5, 5.41) is 9.41. The minimum Gasteiger partial charge on any atom is -0.497 e. The van der Waals surface area contributed by atoms with Crippen molar-refractivity contribution in [3.05, 3.63) is 60.3 Å². The highest BCUT2D eigenvalue weighted by molar-refractivity contribution is 6.03. The number of amides is 2. The van der Waals surface area contributed by atoms with Crippen LogP contribution in [0.25, 0.3) is 11.1 Å². The Kier molecular flexibility index (Phi) is 5.14. The third kappa shape index (κ3) is 4.09. The summed E-state index contributed by atoms with van der Waals surface area (Å²) < 4.78 is 45.3. The molecule has 0 unspecified atom stereocenters. The number of anilines is 2. The molecule has 1 atom stereocenters. The molecule has 2 heterocycles. The van der Waals surface area contributed by atoms with Crippen LogP contribution in [0.3, 0.4) is 0 Å². The van der Waals surface area contributed by atoms with E-state index in [1.54, 1.807) is 31.4 Å². The van der Waals surface area contributed by atoms with Crippen molar-refractivity contribution >= 4 is 23.3 Å². The Balaban J connectivity index is 1.62. The molecule has 7 nitrogen and oxygen atoms in total. The van der Waals surface area contributed by atoms with Crippen molar-refractivity contribution in [3.8, 4) is 16.9 Å². The lowest BCUT2D eigenvalue weighted by Crippen LogP contribution is -2.35. The number of alkyl halides is 3. The highest BCUT2D eigenvalue weighted by Gasteiger charge is 2.34. The minimum atomic E-state index is -4.53. The third-order valence-electron chi connectivity index (χ3n) is 4.89. The van der Waals surface area contributed by atoms with Gasteiger partial charge in [0.15, 0.2) is 0 Å². The fourth-order valence-corrected chi connectivity index (χ4v) is 3.35. The fraction of sp³-hybridized carbons (Fsp3) is 0.190. The summed E-state index contributed by atoms with van der Waals surface area (Å²) in [6, 6.07) is 10.4. The van der Waals surface area contributed by atoms with Crippen LogP contribution in [0.5, 0.6) is 5.75 Å². The van der Waals surface area contributed by atoms with Crippen LogP contribution < -0.4 is 15.4 Å². The second kappa shape index (κ2) is 7.78. The molecule has 2 aromatic carbocycles. The van der Waals surface area contributed by atoms with E-state index in [2.05, 4.69) is 15.7 Å². The molecule has 1 aromatic heterocycles. The highest BCUT2D eigenvalue weighted by atomic mass is 19.4. The molecule has 4 rings (SSSR count). The first-order chi connectivity index (χ1) is 14.8.